The first-order valence-electron chi connectivity index (χ1n) is 7.62. The van der Waals surface area contributed by atoms with Crippen LogP contribution in [0.15, 0.2) is 12.4 Å². The average Bonchev–Trinajstić information content (AvgIpc) is 2.47. The zero-order valence-electron chi connectivity index (χ0n) is 13.1. The predicted octanol–water partition coefficient (Wildman–Crippen LogP) is 1.02. The standard InChI is InChI=1S/C15H23N5O2/c1-10(2)7-14(21)20-5-3-11(4-6-20)18-13-9-17-8-12(19-13)15(16)22/h8-11H,3-7H2,1-2H3,(H2,16,22)(H,18,19). The summed E-state index contributed by atoms with van der Waals surface area (Å²) < 4.78 is 0. The number of aromatic nitrogens is 2. The molecule has 2 rings (SSSR count). The van der Waals surface area contributed by atoms with E-state index in [0.29, 0.717) is 18.2 Å². The van der Waals surface area contributed by atoms with E-state index in [1.807, 2.05) is 4.90 Å². The van der Waals surface area contributed by atoms with Crippen molar-refractivity contribution in [2.24, 2.45) is 11.7 Å². The lowest BCUT2D eigenvalue weighted by Crippen LogP contribution is -2.42. The highest BCUT2D eigenvalue weighted by molar-refractivity contribution is 5.90. The second-order valence-corrected chi connectivity index (χ2v) is 6.05. The minimum atomic E-state index is -0.592. The second-order valence-electron chi connectivity index (χ2n) is 6.05. The van der Waals surface area contributed by atoms with E-state index in [9.17, 15) is 9.59 Å². The molecule has 1 aromatic rings. The summed E-state index contributed by atoms with van der Waals surface area (Å²) in [5.74, 6) is 0.563. The van der Waals surface area contributed by atoms with Crippen molar-refractivity contribution < 1.29 is 9.59 Å². The van der Waals surface area contributed by atoms with Gasteiger partial charge in [0.2, 0.25) is 5.91 Å². The highest BCUT2D eigenvalue weighted by atomic mass is 16.2. The van der Waals surface area contributed by atoms with Gasteiger partial charge in [-0.05, 0) is 18.8 Å². The molecular formula is C15H23N5O2. The van der Waals surface area contributed by atoms with E-state index < -0.39 is 5.91 Å². The lowest BCUT2D eigenvalue weighted by atomic mass is 10.0. The molecule has 7 heteroatoms. The third kappa shape index (κ3) is 4.41. The minimum absolute atomic E-state index is 0.148. The fourth-order valence-corrected chi connectivity index (χ4v) is 2.51. The van der Waals surface area contributed by atoms with Gasteiger partial charge in [0.15, 0.2) is 0 Å². The van der Waals surface area contributed by atoms with Gasteiger partial charge in [0, 0.05) is 25.6 Å². The van der Waals surface area contributed by atoms with Crippen molar-refractivity contribution in [3.8, 4) is 0 Å². The number of nitrogens with one attached hydrogen (secondary N) is 1. The maximum atomic E-state index is 12.0. The van der Waals surface area contributed by atoms with E-state index in [1.165, 1.54) is 6.20 Å². The molecule has 1 aliphatic heterocycles. The van der Waals surface area contributed by atoms with Crippen LogP contribution < -0.4 is 11.1 Å². The van der Waals surface area contributed by atoms with Gasteiger partial charge < -0.3 is 16.0 Å². The highest BCUT2D eigenvalue weighted by Gasteiger charge is 2.23. The topological polar surface area (TPSA) is 101 Å². The fraction of sp³-hybridized carbons (Fsp3) is 0.600. The molecule has 1 fully saturated rings. The summed E-state index contributed by atoms with van der Waals surface area (Å²) in [7, 11) is 0. The van der Waals surface area contributed by atoms with Crippen molar-refractivity contribution in [3.63, 3.8) is 0 Å². The zero-order chi connectivity index (χ0) is 16.1. The maximum absolute atomic E-state index is 12.0. The van der Waals surface area contributed by atoms with E-state index in [0.717, 1.165) is 25.9 Å². The summed E-state index contributed by atoms with van der Waals surface area (Å²) in [5.41, 5.74) is 5.34. The Balaban J connectivity index is 1.86. The molecule has 0 aromatic carbocycles. The minimum Gasteiger partial charge on any atom is -0.366 e. The molecule has 2 amide bonds. The number of hydrogen-bond donors (Lipinski definition) is 2. The molecule has 0 unspecified atom stereocenters. The molecule has 120 valence electrons. The van der Waals surface area contributed by atoms with Crippen LogP contribution >= 0.6 is 0 Å². The smallest absolute Gasteiger partial charge is 0.268 e. The monoisotopic (exact) mass is 305 g/mol. The van der Waals surface area contributed by atoms with E-state index in [-0.39, 0.29) is 17.6 Å². The Labute approximate surface area is 130 Å². The maximum Gasteiger partial charge on any atom is 0.268 e. The first kappa shape index (κ1) is 16.2. The van der Waals surface area contributed by atoms with Crippen LogP contribution in [0.4, 0.5) is 5.82 Å². The Bertz CT molecular complexity index is 538. The van der Waals surface area contributed by atoms with Gasteiger partial charge in [0.1, 0.15) is 11.5 Å². The van der Waals surface area contributed by atoms with E-state index in [4.69, 9.17) is 5.73 Å². The average molecular weight is 305 g/mol. The summed E-state index contributed by atoms with van der Waals surface area (Å²) in [6, 6.07) is 0.223. The summed E-state index contributed by atoms with van der Waals surface area (Å²) in [5, 5.41) is 3.26. The number of nitrogens with zero attached hydrogens (tertiary/aromatic N) is 3. The van der Waals surface area contributed by atoms with Gasteiger partial charge in [-0.2, -0.15) is 0 Å². The molecule has 0 radical (unpaired) electrons. The van der Waals surface area contributed by atoms with Gasteiger partial charge in [-0.15, -0.1) is 0 Å². The summed E-state index contributed by atoms with van der Waals surface area (Å²) in [4.78, 5) is 33.1. The molecule has 7 nitrogen and oxygen atoms in total. The molecule has 0 atom stereocenters. The summed E-state index contributed by atoms with van der Waals surface area (Å²) in [6.45, 7) is 5.59. The first-order chi connectivity index (χ1) is 10.5. The van der Waals surface area contributed by atoms with Crippen molar-refractivity contribution in [1.29, 1.82) is 0 Å². The Hall–Kier alpha value is -2.18. The number of carbonyl (C=O) groups excluding carboxylic acids is 2. The largest absolute Gasteiger partial charge is 0.366 e. The number of rotatable bonds is 5. The molecular weight excluding hydrogens is 282 g/mol. The number of likely N-dealkylation sites (tertiary alicyclic amines) is 1. The fourth-order valence-electron chi connectivity index (χ4n) is 2.51. The van der Waals surface area contributed by atoms with Gasteiger partial charge in [0.25, 0.3) is 5.91 Å². The SMILES string of the molecule is CC(C)CC(=O)N1CCC(Nc2cncc(C(N)=O)n2)CC1. The van der Waals surface area contributed by atoms with E-state index in [1.54, 1.807) is 6.20 Å². The summed E-state index contributed by atoms with van der Waals surface area (Å²) in [6.07, 6.45) is 5.23. The van der Waals surface area contributed by atoms with Gasteiger partial charge >= 0.3 is 0 Å². The third-order valence-corrected chi connectivity index (χ3v) is 3.67. The van der Waals surface area contributed by atoms with Crippen LogP contribution in [0.5, 0.6) is 0 Å². The molecule has 0 bridgehead atoms. The van der Waals surface area contributed by atoms with Gasteiger partial charge in [-0.1, -0.05) is 13.8 Å². The van der Waals surface area contributed by atoms with Crippen molar-refractivity contribution in [2.75, 3.05) is 18.4 Å². The number of hydrogen-bond acceptors (Lipinski definition) is 5. The number of piperidine rings is 1. The van der Waals surface area contributed by atoms with Gasteiger partial charge in [-0.25, -0.2) is 4.98 Å². The van der Waals surface area contributed by atoms with E-state index in [2.05, 4.69) is 29.1 Å². The first-order valence-corrected chi connectivity index (χ1v) is 7.62. The molecule has 0 spiro atoms. The number of amides is 2. The Morgan fingerprint density at radius 3 is 2.64 bits per heavy atom. The van der Waals surface area contributed by atoms with Crippen LogP contribution in [0, 0.1) is 5.92 Å². The van der Waals surface area contributed by atoms with E-state index >= 15 is 0 Å². The molecule has 3 N–H and O–H groups in total. The molecule has 0 aliphatic carbocycles. The van der Waals surface area contributed by atoms with Gasteiger partial charge in [0.05, 0.1) is 12.4 Å². The molecule has 2 heterocycles. The Morgan fingerprint density at radius 1 is 1.36 bits per heavy atom. The molecule has 1 saturated heterocycles. The number of anilines is 1. The molecule has 1 aromatic heterocycles. The van der Waals surface area contributed by atoms with Crippen molar-refractivity contribution in [1.82, 2.24) is 14.9 Å². The second kappa shape index (κ2) is 7.20. The normalized spacial score (nSPS) is 15.9. The molecule has 22 heavy (non-hydrogen) atoms. The van der Waals surface area contributed by atoms with Crippen LogP contribution in [0.25, 0.3) is 0 Å². The summed E-state index contributed by atoms with van der Waals surface area (Å²) >= 11 is 0. The van der Waals surface area contributed by atoms with Crippen LogP contribution in [-0.2, 0) is 4.79 Å². The van der Waals surface area contributed by atoms with Crippen LogP contribution in [-0.4, -0.2) is 45.8 Å². The molecule has 1 aliphatic rings. The number of primary amides is 1. The lowest BCUT2D eigenvalue weighted by molar-refractivity contribution is -0.132. The van der Waals surface area contributed by atoms with Crippen molar-refractivity contribution in [2.45, 2.75) is 39.2 Å². The number of carbonyl (C=O) groups is 2. The van der Waals surface area contributed by atoms with Crippen molar-refractivity contribution >= 4 is 17.6 Å². The van der Waals surface area contributed by atoms with Gasteiger partial charge in [-0.3, -0.25) is 14.6 Å². The van der Waals surface area contributed by atoms with Crippen molar-refractivity contribution in [3.05, 3.63) is 18.1 Å². The van der Waals surface area contributed by atoms with Crippen LogP contribution in [0.1, 0.15) is 43.6 Å². The predicted molar refractivity (Wildman–Crippen MR) is 83.2 cm³/mol. The lowest BCUT2D eigenvalue weighted by Gasteiger charge is -2.33. The van der Waals surface area contributed by atoms with Crippen LogP contribution in [0.2, 0.25) is 0 Å². The van der Waals surface area contributed by atoms with Crippen LogP contribution in [0.3, 0.4) is 0 Å². The zero-order valence-corrected chi connectivity index (χ0v) is 13.1. The number of nitrogens with two attached hydrogens (primary N) is 1. The molecule has 0 saturated carbocycles. The Kier molecular flexibility index (Phi) is 5.30. The quantitative estimate of drug-likeness (QED) is 0.846. The Morgan fingerprint density at radius 2 is 2.05 bits per heavy atom. The third-order valence-electron chi connectivity index (χ3n) is 3.67. The highest BCUT2D eigenvalue weighted by Crippen LogP contribution is 2.16.